The molecule has 2 aliphatic rings. The molecular weight excluding hydrogens is 422 g/mol. The summed E-state index contributed by atoms with van der Waals surface area (Å²) in [6.07, 6.45) is 11.2. The summed E-state index contributed by atoms with van der Waals surface area (Å²) in [6.45, 7) is 2.68. The van der Waals surface area contributed by atoms with Crippen LogP contribution in [-0.2, 0) is 9.47 Å². The summed E-state index contributed by atoms with van der Waals surface area (Å²) in [5, 5.41) is 0. The van der Waals surface area contributed by atoms with E-state index < -0.39 is 0 Å². The van der Waals surface area contributed by atoms with Gasteiger partial charge in [-0.2, -0.15) is 0 Å². The number of hydrogen-bond donors (Lipinski definition) is 0. The molecule has 5 nitrogen and oxygen atoms in total. The molecule has 2 fully saturated rings. The van der Waals surface area contributed by atoms with Crippen LogP contribution in [0.25, 0.3) is 22.5 Å². The molecule has 1 aromatic heterocycles. The van der Waals surface area contributed by atoms with Crippen molar-refractivity contribution in [1.29, 1.82) is 0 Å². The monoisotopic (exact) mass is 457 g/mol. The smallest absolute Gasteiger partial charge is 0.157 e. The number of ether oxygens (including phenoxy) is 2. The molecule has 0 aliphatic carbocycles. The Balaban J connectivity index is 1.26. The standard InChI is InChI=1S/C29H35N3O2/c1-3-12-23(13-4-1)28-29(24-14-5-2-6-15-24)31-26(22-30-28)32-19-11-17-25(32)16-7-9-20-33-27-18-8-10-21-34-27/h1-6,12-15,22,25,27H,7-11,16-21H2. The molecule has 2 atom stereocenters. The van der Waals surface area contributed by atoms with Crippen LogP contribution in [0, 0.1) is 0 Å². The van der Waals surface area contributed by atoms with E-state index in [1.54, 1.807) is 0 Å². The Morgan fingerprint density at radius 1 is 0.853 bits per heavy atom. The van der Waals surface area contributed by atoms with Gasteiger partial charge in [0.05, 0.1) is 17.6 Å². The molecule has 0 amide bonds. The fraction of sp³-hybridized carbons (Fsp3) is 0.448. The van der Waals surface area contributed by atoms with Gasteiger partial charge in [0, 0.05) is 36.9 Å². The van der Waals surface area contributed by atoms with Gasteiger partial charge in [-0.1, -0.05) is 60.7 Å². The third kappa shape index (κ3) is 5.65. The van der Waals surface area contributed by atoms with Crippen LogP contribution in [0.4, 0.5) is 5.82 Å². The number of hydrogen-bond acceptors (Lipinski definition) is 5. The van der Waals surface area contributed by atoms with E-state index in [0.717, 1.165) is 73.8 Å². The Labute approximate surface area is 203 Å². The van der Waals surface area contributed by atoms with Crippen molar-refractivity contribution in [3.05, 3.63) is 66.9 Å². The van der Waals surface area contributed by atoms with Crippen molar-refractivity contribution in [2.75, 3.05) is 24.7 Å². The maximum Gasteiger partial charge on any atom is 0.157 e. The summed E-state index contributed by atoms with van der Waals surface area (Å²) in [4.78, 5) is 12.6. The van der Waals surface area contributed by atoms with E-state index in [-0.39, 0.29) is 6.29 Å². The zero-order valence-corrected chi connectivity index (χ0v) is 19.9. The predicted octanol–water partition coefficient (Wildman–Crippen LogP) is 6.49. The van der Waals surface area contributed by atoms with Gasteiger partial charge in [0.1, 0.15) is 5.82 Å². The minimum Gasteiger partial charge on any atom is -0.353 e. The summed E-state index contributed by atoms with van der Waals surface area (Å²) >= 11 is 0. The van der Waals surface area contributed by atoms with E-state index in [1.165, 1.54) is 25.7 Å². The third-order valence-corrected chi connectivity index (χ3v) is 6.90. The first-order chi connectivity index (χ1) is 16.9. The lowest BCUT2D eigenvalue weighted by Gasteiger charge is -2.27. The van der Waals surface area contributed by atoms with E-state index in [0.29, 0.717) is 6.04 Å². The first-order valence-electron chi connectivity index (χ1n) is 12.9. The van der Waals surface area contributed by atoms with Crippen LogP contribution in [0.2, 0.25) is 0 Å². The number of nitrogens with zero attached hydrogens (tertiary/aromatic N) is 3. The van der Waals surface area contributed by atoms with Crippen LogP contribution in [0.15, 0.2) is 66.9 Å². The van der Waals surface area contributed by atoms with E-state index in [9.17, 15) is 0 Å². The third-order valence-electron chi connectivity index (χ3n) is 6.90. The summed E-state index contributed by atoms with van der Waals surface area (Å²) in [6, 6.07) is 21.3. The lowest BCUT2D eigenvalue weighted by Crippen LogP contribution is -2.30. The van der Waals surface area contributed by atoms with Gasteiger partial charge < -0.3 is 14.4 Å². The van der Waals surface area contributed by atoms with Crippen molar-refractivity contribution < 1.29 is 9.47 Å². The Morgan fingerprint density at radius 3 is 2.35 bits per heavy atom. The highest BCUT2D eigenvalue weighted by Gasteiger charge is 2.26. The molecule has 0 radical (unpaired) electrons. The minimum absolute atomic E-state index is 0.0199. The number of unbranched alkanes of at least 4 members (excludes halogenated alkanes) is 1. The molecule has 3 aromatic rings. The van der Waals surface area contributed by atoms with Crippen molar-refractivity contribution in [3.8, 4) is 22.5 Å². The number of rotatable bonds is 9. The van der Waals surface area contributed by atoms with Crippen LogP contribution in [0.3, 0.4) is 0 Å². The lowest BCUT2D eigenvalue weighted by atomic mass is 10.0. The summed E-state index contributed by atoms with van der Waals surface area (Å²) < 4.78 is 11.6. The second kappa shape index (κ2) is 11.6. The van der Waals surface area contributed by atoms with Crippen molar-refractivity contribution in [2.24, 2.45) is 0 Å². The normalized spacial score (nSPS) is 20.5. The van der Waals surface area contributed by atoms with Gasteiger partial charge in [-0.15, -0.1) is 0 Å². The molecule has 2 aromatic carbocycles. The molecule has 2 aliphatic heterocycles. The zero-order valence-electron chi connectivity index (χ0n) is 19.9. The molecule has 178 valence electrons. The quantitative estimate of drug-likeness (QED) is 0.344. The van der Waals surface area contributed by atoms with E-state index in [1.807, 2.05) is 18.3 Å². The SMILES string of the molecule is c1ccc(-c2ncc(N3CCCC3CCCCOC3CCCCO3)nc2-c2ccccc2)cc1. The highest BCUT2D eigenvalue weighted by atomic mass is 16.7. The average Bonchev–Trinajstić information content (AvgIpc) is 3.38. The maximum absolute atomic E-state index is 5.92. The van der Waals surface area contributed by atoms with Crippen LogP contribution >= 0.6 is 0 Å². The molecule has 3 heterocycles. The van der Waals surface area contributed by atoms with E-state index >= 15 is 0 Å². The number of anilines is 1. The highest BCUT2D eigenvalue weighted by molar-refractivity contribution is 5.78. The summed E-state index contributed by atoms with van der Waals surface area (Å²) in [7, 11) is 0. The van der Waals surface area contributed by atoms with Crippen molar-refractivity contribution in [3.63, 3.8) is 0 Å². The van der Waals surface area contributed by atoms with Gasteiger partial charge >= 0.3 is 0 Å². The van der Waals surface area contributed by atoms with Crippen LogP contribution < -0.4 is 4.90 Å². The van der Waals surface area contributed by atoms with Gasteiger partial charge in [-0.3, -0.25) is 4.98 Å². The van der Waals surface area contributed by atoms with Crippen LogP contribution in [-0.4, -0.2) is 42.1 Å². The topological polar surface area (TPSA) is 47.5 Å². The van der Waals surface area contributed by atoms with Crippen molar-refractivity contribution in [1.82, 2.24) is 9.97 Å². The zero-order chi connectivity index (χ0) is 23.0. The van der Waals surface area contributed by atoms with Gasteiger partial charge in [-0.25, -0.2) is 4.98 Å². The second-order valence-electron chi connectivity index (χ2n) is 9.31. The second-order valence-corrected chi connectivity index (χ2v) is 9.31. The maximum atomic E-state index is 5.92. The molecule has 2 unspecified atom stereocenters. The first kappa shape index (κ1) is 23.0. The summed E-state index contributed by atoms with van der Waals surface area (Å²) in [5.41, 5.74) is 4.10. The summed E-state index contributed by atoms with van der Waals surface area (Å²) in [5.74, 6) is 0.993. The molecule has 0 spiro atoms. The first-order valence-corrected chi connectivity index (χ1v) is 12.9. The molecule has 5 rings (SSSR count). The Kier molecular flexibility index (Phi) is 7.84. The molecule has 0 bridgehead atoms. The largest absolute Gasteiger partial charge is 0.353 e. The number of benzene rings is 2. The van der Waals surface area contributed by atoms with Crippen molar-refractivity contribution in [2.45, 2.75) is 63.7 Å². The fourth-order valence-corrected chi connectivity index (χ4v) is 5.10. The Bertz CT molecular complexity index is 1020. The van der Waals surface area contributed by atoms with Crippen LogP contribution in [0.5, 0.6) is 0 Å². The highest BCUT2D eigenvalue weighted by Crippen LogP contribution is 2.33. The van der Waals surface area contributed by atoms with Crippen LogP contribution in [0.1, 0.15) is 51.4 Å². The Hall–Kier alpha value is -2.76. The average molecular weight is 458 g/mol. The molecule has 0 saturated carbocycles. The van der Waals surface area contributed by atoms with Gasteiger partial charge in [0.2, 0.25) is 0 Å². The molecule has 34 heavy (non-hydrogen) atoms. The van der Waals surface area contributed by atoms with E-state index in [2.05, 4.69) is 53.4 Å². The van der Waals surface area contributed by atoms with E-state index in [4.69, 9.17) is 19.4 Å². The molecule has 5 heteroatoms. The number of aromatic nitrogens is 2. The van der Waals surface area contributed by atoms with Gasteiger partial charge in [-0.05, 0) is 51.4 Å². The molecule has 2 saturated heterocycles. The Morgan fingerprint density at radius 2 is 1.62 bits per heavy atom. The fourth-order valence-electron chi connectivity index (χ4n) is 5.10. The van der Waals surface area contributed by atoms with Gasteiger partial charge in [0.25, 0.3) is 0 Å². The van der Waals surface area contributed by atoms with Gasteiger partial charge in [0.15, 0.2) is 6.29 Å². The minimum atomic E-state index is 0.0199. The molecular formula is C29H35N3O2. The van der Waals surface area contributed by atoms with Crippen molar-refractivity contribution >= 4 is 5.82 Å². The lowest BCUT2D eigenvalue weighted by molar-refractivity contribution is -0.162. The molecule has 0 N–H and O–H groups in total. The predicted molar refractivity (Wildman–Crippen MR) is 137 cm³/mol.